The van der Waals surface area contributed by atoms with E-state index in [9.17, 15) is 13.5 Å². The molecule has 0 amide bonds. The Bertz CT molecular complexity index is 324. The van der Waals surface area contributed by atoms with Crippen molar-refractivity contribution < 1.29 is 13.5 Å². The van der Waals surface area contributed by atoms with Gasteiger partial charge in [-0.15, -0.1) is 0 Å². The predicted octanol–water partition coefficient (Wildman–Crippen LogP) is 2.68. The molecule has 0 aromatic rings. The van der Waals surface area contributed by atoms with Crippen LogP contribution in [0.25, 0.3) is 0 Å². The normalized spacial score (nSPS) is 29.7. The van der Waals surface area contributed by atoms with Gasteiger partial charge in [0.25, 0.3) is 0 Å². The van der Waals surface area contributed by atoms with Gasteiger partial charge >= 0.3 is 0 Å². The first kappa shape index (κ1) is 15.0. The average molecular weight is 262 g/mol. The molecule has 0 aliphatic heterocycles. The summed E-state index contributed by atoms with van der Waals surface area (Å²) in [6.07, 6.45) is 9.70. The van der Waals surface area contributed by atoms with Gasteiger partial charge in [0.2, 0.25) is 0 Å². The molecule has 4 heteroatoms. The smallest absolute Gasteiger partial charge is 0.153 e. The number of sulfone groups is 1. The van der Waals surface area contributed by atoms with Gasteiger partial charge in [-0.25, -0.2) is 8.42 Å². The van der Waals surface area contributed by atoms with E-state index in [-0.39, 0.29) is 0 Å². The van der Waals surface area contributed by atoms with Crippen molar-refractivity contribution in [2.45, 2.75) is 75.6 Å². The van der Waals surface area contributed by atoms with Crippen molar-refractivity contribution in [2.24, 2.45) is 0 Å². The van der Waals surface area contributed by atoms with Crippen molar-refractivity contribution in [2.75, 3.05) is 6.26 Å². The zero-order chi connectivity index (χ0) is 12.9. The van der Waals surface area contributed by atoms with E-state index in [0.29, 0.717) is 19.3 Å². The standard InChI is InChI=1S/C13H26O3S/c1-3-4-5-6-7-10-13(14)11-8-9-12(13)17(2,15)16/h12,14H,3-11H2,1-2H3. The lowest BCUT2D eigenvalue weighted by atomic mass is 9.94. The van der Waals surface area contributed by atoms with Gasteiger partial charge in [0.1, 0.15) is 0 Å². The van der Waals surface area contributed by atoms with Gasteiger partial charge in [-0.3, -0.25) is 0 Å². The third-order valence-corrected chi connectivity index (χ3v) is 5.61. The fourth-order valence-corrected chi connectivity index (χ4v) is 4.58. The second-order valence-electron chi connectivity index (χ2n) is 5.48. The summed E-state index contributed by atoms with van der Waals surface area (Å²) in [6.45, 7) is 2.17. The zero-order valence-electron chi connectivity index (χ0n) is 11.1. The third kappa shape index (κ3) is 4.25. The topological polar surface area (TPSA) is 54.4 Å². The van der Waals surface area contributed by atoms with E-state index in [0.717, 1.165) is 19.3 Å². The van der Waals surface area contributed by atoms with Crippen molar-refractivity contribution >= 4 is 9.84 Å². The van der Waals surface area contributed by atoms with Gasteiger partial charge in [0.15, 0.2) is 9.84 Å². The number of aliphatic hydroxyl groups is 1. The van der Waals surface area contributed by atoms with Crippen molar-refractivity contribution in [3.05, 3.63) is 0 Å². The van der Waals surface area contributed by atoms with Gasteiger partial charge in [-0.1, -0.05) is 39.0 Å². The average Bonchev–Trinajstić information content (AvgIpc) is 2.60. The molecule has 1 rings (SSSR count). The molecule has 0 bridgehead atoms. The van der Waals surface area contributed by atoms with Crippen LogP contribution in [0.1, 0.15) is 64.7 Å². The van der Waals surface area contributed by atoms with Crippen LogP contribution in [0, 0.1) is 0 Å². The third-order valence-electron chi connectivity index (χ3n) is 3.91. The summed E-state index contributed by atoms with van der Waals surface area (Å²) in [5.41, 5.74) is -0.945. The van der Waals surface area contributed by atoms with E-state index >= 15 is 0 Å². The van der Waals surface area contributed by atoms with Gasteiger partial charge in [0.05, 0.1) is 10.9 Å². The molecule has 17 heavy (non-hydrogen) atoms. The Kier molecular flexibility index (Phi) is 5.45. The number of hydrogen-bond acceptors (Lipinski definition) is 3. The molecule has 2 atom stereocenters. The van der Waals surface area contributed by atoms with Gasteiger partial charge in [-0.05, 0) is 25.7 Å². The van der Waals surface area contributed by atoms with E-state index in [1.54, 1.807) is 0 Å². The van der Waals surface area contributed by atoms with E-state index in [2.05, 4.69) is 6.92 Å². The summed E-state index contributed by atoms with van der Waals surface area (Å²) in [5.74, 6) is 0. The Morgan fingerprint density at radius 2 is 1.88 bits per heavy atom. The molecule has 0 aromatic heterocycles. The summed E-state index contributed by atoms with van der Waals surface area (Å²) in [7, 11) is -3.11. The monoisotopic (exact) mass is 262 g/mol. The Balaban J connectivity index is 2.44. The van der Waals surface area contributed by atoms with Crippen LogP contribution >= 0.6 is 0 Å². The van der Waals surface area contributed by atoms with Crippen LogP contribution in [0.15, 0.2) is 0 Å². The summed E-state index contributed by atoms with van der Waals surface area (Å²) in [4.78, 5) is 0. The molecule has 1 fully saturated rings. The lowest BCUT2D eigenvalue weighted by Gasteiger charge is -2.28. The van der Waals surface area contributed by atoms with Crippen LogP contribution in [0.5, 0.6) is 0 Å². The number of unbranched alkanes of at least 4 members (excludes halogenated alkanes) is 4. The Morgan fingerprint density at radius 1 is 1.24 bits per heavy atom. The molecule has 0 aromatic carbocycles. The first-order valence-corrected chi connectivity index (χ1v) is 8.77. The molecule has 1 N–H and O–H groups in total. The van der Waals surface area contributed by atoms with Crippen LogP contribution in [0.3, 0.4) is 0 Å². The lowest BCUT2D eigenvalue weighted by molar-refractivity contribution is 0.0392. The van der Waals surface area contributed by atoms with Crippen molar-refractivity contribution in [3.8, 4) is 0 Å². The van der Waals surface area contributed by atoms with Gasteiger partial charge in [0, 0.05) is 6.26 Å². The Hall–Kier alpha value is -0.0900. The molecule has 1 aliphatic carbocycles. The maximum Gasteiger partial charge on any atom is 0.153 e. The van der Waals surface area contributed by atoms with Crippen LogP contribution in [0.4, 0.5) is 0 Å². The molecule has 2 unspecified atom stereocenters. The minimum atomic E-state index is -3.11. The summed E-state index contributed by atoms with van der Waals surface area (Å²) in [6, 6.07) is 0. The minimum absolute atomic E-state index is 0.527. The second kappa shape index (κ2) is 6.19. The van der Waals surface area contributed by atoms with E-state index in [1.165, 1.54) is 25.5 Å². The molecular weight excluding hydrogens is 236 g/mol. The van der Waals surface area contributed by atoms with Crippen molar-refractivity contribution in [1.82, 2.24) is 0 Å². The van der Waals surface area contributed by atoms with Gasteiger partial charge < -0.3 is 5.11 Å². The fourth-order valence-electron chi connectivity index (χ4n) is 2.96. The first-order valence-electron chi connectivity index (χ1n) is 6.81. The highest BCUT2D eigenvalue weighted by atomic mass is 32.2. The fraction of sp³-hybridized carbons (Fsp3) is 1.00. The van der Waals surface area contributed by atoms with Crippen molar-refractivity contribution in [3.63, 3.8) is 0 Å². The summed E-state index contributed by atoms with van der Waals surface area (Å²) in [5, 5.41) is 9.94. The maximum atomic E-state index is 11.6. The van der Waals surface area contributed by atoms with Crippen LogP contribution < -0.4 is 0 Å². The quantitative estimate of drug-likeness (QED) is 0.718. The highest BCUT2D eigenvalue weighted by molar-refractivity contribution is 7.91. The maximum absolute atomic E-state index is 11.6. The number of hydrogen-bond donors (Lipinski definition) is 1. The molecule has 0 heterocycles. The second-order valence-corrected chi connectivity index (χ2v) is 7.71. The van der Waals surface area contributed by atoms with E-state index < -0.39 is 20.7 Å². The molecule has 102 valence electrons. The van der Waals surface area contributed by atoms with Crippen LogP contribution in [-0.4, -0.2) is 30.6 Å². The lowest BCUT2D eigenvalue weighted by Crippen LogP contribution is -2.42. The van der Waals surface area contributed by atoms with Crippen LogP contribution in [-0.2, 0) is 9.84 Å². The summed E-state index contributed by atoms with van der Waals surface area (Å²) < 4.78 is 23.2. The SMILES string of the molecule is CCCCCCCC1(O)CCCC1S(C)(=O)=O. The zero-order valence-corrected chi connectivity index (χ0v) is 11.9. The minimum Gasteiger partial charge on any atom is -0.389 e. The van der Waals surface area contributed by atoms with Crippen LogP contribution in [0.2, 0.25) is 0 Å². The molecule has 0 spiro atoms. The Morgan fingerprint density at radius 3 is 2.47 bits per heavy atom. The highest BCUT2D eigenvalue weighted by Crippen LogP contribution is 2.38. The van der Waals surface area contributed by atoms with Crippen molar-refractivity contribution in [1.29, 1.82) is 0 Å². The molecule has 0 saturated heterocycles. The number of rotatable bonds is 7. The summed E-state index contributed by atoms with van der Waals surface area (Å²) >= 11 is 0. The highest BCUT2D eigenvalue weighted by Gasteiger charge is 2.45. The molecule has 1 aliphatic rings. The molecule has 3 nitrogen and oxygen atoms in total. The molecule has 1 saturated carbocycles. The largest absolute Gasteiger partial charge is 0.389 e. The van der Waals surface area contributed by atoms with E-state index in [4.69, 9.17) is 0 Å². The van der Waals surface area contributed by atoms with E-state index in [1.807, 2.05) is 0 Å². The van der Waals surface area contributed by atoms with Gasteiger partial charge in [-0.2, -0.15) is 0 Å². The first-order chi connectivity index (χ1) is 7.90. The Labute approximate surface area is 106 Å². The predicted molar refractivity (Wildman–Crippen MR) is 70.8 cm³/mol. The molecule has 0 radical (unpaired) electrons. The molecular formula is C13H26O3S.